The van der Waals surface area contributed by atoms with Gasteiger partial charge < -0.3 is 4.57 Å². The first-order valence-corrected chi connectivity index (χ1v) is 8.34. The molecule has 1 amide bonds. The SMILES string of the molecule is CCn1c(C)nc2cc(C(=O)N[N+]3=C(N)c4ccccc4C3)ccc21. The third-order valence-electron chi connectivity index (χ3n) is 4.67. The van der Waals surface area contributed by atoms with Crippen LogP contribution in [0.5, 0.6) is 0 Å². The van der Waals surface area contributed by atoms with E-state index in [1.807, 2.05) is 49.4 Å². The first-order chi connectivity index (χ1) is 12.1. The van der Waals surface area contributed by atoms with Gasteiger partial charge in [-0.15, -0.1) is 0 Å². The van der Waals surface area contributed by atoms with E-state index in [9.17, 15) is 4.79 Å². The second-order valence-corrected chi connectivity index (χ2v) is 6.18. The van der Waals surface area contributed by atoms with Crippen LogP contribution in [0, 0.1) is 6.92 Å². The van der Waals surface area contributed by atoms with Crippen LogP contribution in [0.25, 0.3) is 11.0 Å². The molecular weight excluding hydrogens is 314 g/mol. The third-order valence-corrected chi connectivity index (χ3v) is 4.67. The van der Waals surface area contributed by atoms with Crippen molar-refractivity contribution in [2.24, 2.45) is 5.73 Å². The molecule has 6 nitrogen and oxygen atoms in total. The number of amidine groups is 1. The van der Waals surface area contributed by atoms with Crippen LogP contribution in [0.2, 0.25) is 0 Å². The highest BCUT2D eigenvalue weighted by Crippen LogP contribution is 2.19. The standard InChI is InChI=1S/C19H19N5O/c1-3-23-12(2)21-16-10-13(8-9-17(16)23)19(25)22-24-11-14-6-4-5-7-15(14)18(24)20/h4-10,20H,3,11H2,1-2H3,(H,22,25)/p+1. The summed E-state index contributed by atoms with van der Waals surface area (Å²) in [5.74, 6) is 1.32. The molecule has 0 bridgehead atoms. The van der Waals surface area contributed by atoms with Crippen molar-refractivity contribution in [2.75, 3.05) is 0 Å². The van der Waals surface area contributed by atoms with Crippen LogP contribution < -0.4 is 11.2 Å². The number of imidazole rings is 1. The number of nitrogens with zero attached hydrogens (tertiary/aromatic N) is 3. The van der Waals surface area contributed by atoms with E-state index in [1.165, 1.54) is 0 Å². The first-order valence-electron chi connectivity index (χ1n) is 8.34. The number of amides is 1. The topological polar surface area (TPSA) is 76.0 Å². The molecule has 1 aliphatic rings. The zero-order valence-electron chi connectivity index (χ0n) is 14.3. The Balaban J connectivity index is 1.62. The number of aromatic nitrogens is 2. The smallest absolute Gasteiger partial charge is 0.299 e. The van der Waals surface area contributed by atoms with E-state index >= 15 is 0 Å². The minimum absolute atomic E-state index is 0.193. The minimum atomic E-state index is -0.193. The van der Waals surface area contributed by atoms with Gasteiger partial charge >= 0.3 is 0 Å². The Bertz CT molecular complexity index is 1030. The molecule has 0 saturated heterocycles. The monoisotopic (exact) mass is 334 g/mol. The Hall–Kier alpha value is -3.15. The molecule has 0 radical (unpaired) electrons. The van der Waals surface area contributed by atoms with E-state index in [4.69, 9.17) is 5.73 Å². The number of benzene rings is 2. The van der Waals surface area contributed by atoms with E-state index in [1.54, 1.807) is 4.68 Å². The summed E-state index contributed by atoms with van der Waals surface area (Å²) in [5, 5.41) is 0. The van der Waals surface area contributed by atoms with Gasteiger partial charge in [0, 0.05) is 17.7 Å². The average Bonchev–Trinajstić information content (AvgIpc) is 3.10. The van der Waals surface area contributed by atoms with Gasteiger partial charge in [-0.05, 0) is 38.1 Å². The lowest BCUT2D eigenvalue weighted by Gasteiger charge is -2.06. The fraction of sp³-hybridized carbons (Fsp3) is 0.211. The zero-order chi connectivity index (χ0) is 17.6. The fourth-order valence-corrected chi connectivity index (χ4v) is 3.39. The lowest BCUT2D eigenvalue weighted by Crippen LogP contribution is -2.38. The highest BCUT2D eigenvalue weighted by atomic mass is 16.2. The van der Waals surface area contributed by atoms with Crippen molar-refractivity contribution >= 4 is 22.8 Å². The second-order valence-electron chi connectivity index (χ2n) is 6.18. The molecule has 0 spiro atoms. The molecular formula is C19H20N5O+. The van der Waals surface area contributed by atoms with Crippen LogP contribution in [0.15, 0.2) is 42.5 Å². The van der Waals surface area contributed by atoms with Crippen molar-refractivity contribution in [1.82, 2.24) is 15.0 Å². The molecule has 3 aromatic rings. The molecule has 0 saturated carbocycles. The summed E-state index contributed by atoms with van der Waals surface area (Å²) in [6.07, 6.45) is 0. The zero-order valence-corrected chi connectivity index (χ0v) is 14.3. The second kappa shape index (κ2) is 5.73. The molecule has 25 heavy (non-hydrogen) atoms. The summed E-state index contributed by atoms with van der Waals surface area (Å²) in [5.41, 5.74) is 13.6. The van der Waals surface area contributed by atoms with E-state index in [2.05, 4.69) is 21.9 Å². The van der Waals surface area contributed by atoms with Gasteiger partial charge in [0.25, 0.3) is 11.7 Å². The average molecular weight is 334 g/mol. The largest absolute Gasteiger partial charge is 0.329 e. The van der Waals surface area contributed by atoms with Crippen molar-refractivity contribution < 1.29 is 9.48 Å². The molecule has 0 fully saturated rings. The van der Waals surface area contributed by atoms with Crippen molar-refractivity contribution in [1.29, 1.82) is 0 Å². The summed E-state index contributed by atoms with van der Waals surface area (Å²) >= 11 is 0. The fourth-order valence-electron chi connectivity index (χ4n) is 3.39. The predicted molar refractivity (Wildman–Crippen MR) is 96.3 cm³/mol. The maximum Gasteiger partial charge on any atom is 0.299 e. The lowest BCUT2D eigenvalue weighted by atomic mass is 10.1. The number of hydrazone groups is 1. The van der Waals surface area contributed by atoms with Gasteiger partial charge in [-0.25, -0.2) is 4.98 Å². The number of carbonyl (C=O) groups is 1. The van der Waals surface area contributed by atoms with Crippen LogP contribution in [0.1, 0.15) is 34.2 Å². The summed E-state index contributed by atoms with van der Waals surface area (Å²) in [4.78, 5) is 17.2. The number of carbonyl (C=O) groups excluding carboxylic acids is 1. The van der Waals surface area contributed by atoms with Crippen LogP contribution in [0.3, 0.4) is 0 Å². The molecule has 6 heteroatoms. The molecule has 0 atom stereocenters. The van der Waals surface area contributed by atoms with E-state index in [-0.39, 0.29) is 5.91 Å². The van der Waals surface area contributed by atoms with Gasteiger partial charge in [0.05, 0.1) is 16.6 Å². The molecule has 2 heterocycles. The Morgan fingerprint density at radius 1 is 1.32 bits per heavy atom. The molecule has 126 valence electrons. The molecule has 3 N–H and O–H groups in total. The molecule has 0 aliphatic carbocycles. The van der Waals surface area contributed by atoms with Crippen LogP contribution in [0.4, 0.5) is 0 Å². The Kier molecular flexibility index (Phi) is 3.53. The maximum atomic E-state index is 12.6. The van der Waals surface area contributed by atoms with E-state index in [0.29, 0.717) is 17.9 Å². The minimum Gasteiger partial charge on any atom is -0.329 e. The van der Waals surface area contributed by atoms with Crippen molar-refractivity contribution in [3.8, 4) is 0 Å². The Morgan fingerprint density at radius 3 is 2.88 bits per heavy atom. The van der Waals surface area contributed by atoms with Gasteiger partial charge in [-0.3, -0.25) is 10.5 Å². The normalized spacial score (nSPS) is 13.4. The maximum absolute atomic E-state index is 12.6. The number of hydrazine groups is 1. The van der Waals surface area contributed by atoms with Crippen molar-refractivity contribution in [3.05, 3.63) is 65.0 Å². The lowest BCUT2D eigenvalue weighted by molar-refractivity contribution is -0.584. The Labute approximate surface area is 145 Å². The number of hydrogen-bond acceptors (Lipinski definition) is 3. The van der Waals surface area contributed by atoms with Gasteiger partial charge in [0.2, 0.25) is 0 Å². The van der Waals surface area contributed by atoms with Crippen molar-refractivity contribution in [2.45, 2.75) is 26.9 Å². The highest BCUT2D eigenvalue weighted by molar-refractivity contribution is 5.99. The van der Waals surface area contributed by atoms with Crippen LogP contribution >= 0.6 is 0 Å². The van der Waals surface area contributed by atoms with Crippen LogP contribution in [-0.4, -0.2) is 26.0 Å². The van der Waals surface area contributed by atoms with E-state index in [0.717, 1.165) is 34.5 Å². The molecule has 2 aromatic carbocycles. The molecule has 1 aromatic heterocycles. The predicted octanol–water partition coefficient (Wildman–Crippen LogP) is 1.94. The molecule has 0 unspecified atom stereocenters. The quantitative estimate of drug-likeness (QED) is 0.719. The number of rotatable bonds is 3. The highest BCUT2D eigenvalue weighted by Gasteiger charge is 2.26. The summed E-state index contributed by atoms with van der Waals surface area (Å²) in [6, 6.07) is 13.5. The number of nitrogens with two attached hydrogens (primary N) is 1. The number of hydrogen-bond donors (Lipinski definition) is 2. The van der Waals surface area contributed by atoms with Gasteiger partial charge in [0.1, 0.15) is 12.4 Å². The first kappa shape index (κ1) is 15.4. The van der Waals surface area contributed by atoms with E-state index < -0.39 is 0 Å². The number of aryl methyl sites for hydroxylation is 2. The Morgan fingerprint density at radius 2 is 2.12 bits per heavy atom. The van der Waals surface area contributed by atoms with Gasteiger partial charge in [0.15, 0.2) is 0 Å². The molecule has 4 rings (SSSR count). The summed E-state index contributed by atoms with van der Waals surface area (Å²) in [7, 11) is 0. The summed E-state index contributed by atoms with van der Waals surface area (Å²) < 4.78 is 3.81. The third kappa shape index (κ3) is 2.46. The summed E-state index contributed by atoms with van der Waals surface area (Å²) in [6.45, 7) is 5.48. The van der Waals surface area contributed by atoms with Gasteiger partial charge in [-0.2, -0.15) is 10.1 Å². The van der Waals surface area contributed by atoms with Crippen molar-refractivity contribution in [3.63, 3.8) is 0 Å². The molecule has 1 aliphatic heterocycles. The van der Waals surface area contributed by atoms with Crippen LogP contribution in [-0.2, 0) is 13.1 Å². The van der Waals surface area contributed by atoms with Gasteiger partial charge in [-0.1, -0.05) is 18.2 Å². The number of fused-ring (bicyclic) bond motifs is 2. The number of nitrogens with one attached hydrogen (secondary N) is 1.